The minimum atomic E-state index is -4.57. The van der Waals surface area contributed by atoms with E-state index in [2.05, 4.69) is 0 Å². The molecule has 2 aromatic rings. The maximum absolute atomic E-state index is 13.1. The number of piperidine rings is 1. The number of amides is 1. The lowest BCUT2D eigenvalue weighted by Gasteiger charge is -2.33. The molecule has 0 bridgehead atoms. The van der Waals surface area contributed by atoms with Gasteiger partial charge >= 0.3 is 6.18 Å². The Hall–Kier alpha value is -2.73. The first-order valence-corrected chi connectivity index (χ1v) is 11.6. The van der Waals surface area contributed by atoms with Crippen LogP contribution in [0.2, 0.25) is 0 Å². The average molecular weight is 491 g/mol. The molecule has 0 N–H and O–H groups in total. The first-order valence-electron chi connectivity index (χ1n) is 10.1. The zero-order valence-electron chi connectivity index (χ0n) is 18.2. The second kappa shape index (κ2) is 10.0. The van der Waals surface area contributed by atoms with Gasteiger partial charge in [0.15, 0.2) is 11.5 Å². The van der Waals surface area contributed by atoms with E-state index in [0.717, 1.165) is 0 Å². The second-order valence-electron chi connectivity index (χ2n) is 7.58. The Morgan fingerprint density at radius 3 is 2.36 bits per heavy atom. The van der Waals surface area contributed by atoms with Gasteiger partial charge in [-0.3, -0.25) is 4.79 Å². The van der Waals surface area contributed by atoms with Gasteiger partial charge in [0, 0.05) is 25.1 Å². The number of rotatable bonds is 8. The molecule has 33 heavy (non-hydrogen) atoms. The molecule has 0 saturated carbocycles. The van der Waals surface area contributed by atoms with Gasteiger partial charge in [-0.25, -0.2) is 8.42 Å². The third kappa shape index (κ3) is 5.99. The molecule has 0 spiro atoms. The minimum absolute atomic E-state index is 0.00134. The highest BCUT2D eigenvalue weighted by atomic mass is 32.2. The van der Waals surface area contributed by atoms with Crippen molar-refractivity contribution in [2.75, 3.05) is 33.9 Å². The van der Waals surface area contributed by atoms with Gasteiger partial charge in [0.1, 0.15) is 12.3 Å². The first kappa shape index (κ1) is 24.9. The van der Waals surface area contributed by atoms with Gasteiger partial charge in [0.2, 0.25) is 15.9 Å². The summed E-state index contributed by atoms with van der Waals surface area (Å²) < 4.78 is 81.8. The van der Waals surface area contributed by atoms with Gasteiger partial charge in [-0.15, -0.1) is 0 Å². The molecule has 0 atom stereocenters. The van der Waals surface area contributed by atoms with E-state index in [1.165, 1.54) is 55.1 Å². The Labute approximate surface area is 189 Å². The zero-order chi connectivity index (χ0) is 24.2. The number of furan rings is 1. The number of alkyl halides is 3. The molecule has 3 rings (SSSR count). The number of carbonyl (C=O) groups excluding carboxylic acids is 1. The Balaban J connectivity index is 1.70. The molecule has 0 unspecified atom stereocenters. The minimum Gasteiger partial charge on any atom is -0.493 e. The number of methoxy groups -OCH3 is 2. The Morgan fingerprint density at radius 2 is 1.82 bits per heavy atom. The summed E-state index contributed by atoms with van der Waals surface area (Å²) in [5.41, 5.74) is 0. The number of nitrogens with zero attached hydrogens (tertiary/aromatic N) is 2. The summed E-state index contributed by atoms with van der Waals surface area (Å²) in [5.74, 6) is -0.529. The van der Waals surface area contributed by atoms with Crippen LogP contribution in [0.5, 0.6) is 11.5 Å². The number of ether oxygens (including phenoxy) is 2. The molecule has 1 saturated heterocycles. The van der Waals surface area contributed by atoms with Crippen LogP contribution < -0.4 is 9.47 Å². The number of benzene rings is 1. The zero-order valence-corrected chi connectivity index (χ0v) is 19.0. The van der Waals surface area contributed by atoms with Crippen molar-refractivity contribution in [3.8, 4) is 11.5 Å². The molecular formula is C21H25F3N2O6S. The molecule has 1 aliphatic heterocycles. The van der Waals surface area contributed by atoms with Gasteiger partial charge in [0.05, 0.1) is 31.9 Å². The number of sulfonamides is 1. The molecular weight excluding hydrogens is 465 g/mol. The quantitative estimate of drug-likeness (QED) is 0.564. The fourth-order valence-electron chi connectivity index (χ4n) is 3.75. The highest BCUT2D eigenvalue weighted by Gasteiger charge is 2.38. The normalized spacial score (nSPS) is 15.9. The molecule has 1 aromatic heterocycles. The van der Waals surface area contributed by atoms with Gasteiger partial charge in [-0.2, -0.15) is 17.5 Å². The monoisotopic (exact) mass is 490 g/mol. The van der Waals surface area contributed by atoms with Crippen LogP contribution >= 0.6 is 0 Å². The van der Waals surface area contributed by atoms with E-state index >= 15 is 0 Å². The van der Waals surface area contributed by atoms with Crippen LogP contribution in [0.15, 0.2) is 45.9 Å². The van der Waals surface area contributed by atoms with Crippen molar-refractivity contribution in [2.45, 2.75) is 30.5 Å². The van der Waals surface area contributed by atoms with Crippen molar-refractivity contribution in [3.05, 3.63) is 42.4 Å². The van der Waals surface area contributed by atoms with Crippen LogP contribution in [0.1, 0.15) is 18.6 Å². The van der Waals surface area contributed by atoms with Crippen LogP contribution in [0.3, 0.4) is 0 Å². The molecule has 1 aliphatic rings. The topological polar surface area (TPSA) is 89.3 Å². The summed E-state index contributed by atoms with van der Waals surface area (Å²) in [6, 6.07) is 7.24. The molecule has 8 nitrogen and oxygen atoms in total. The maximum Gasteiger partial charge on any atom is 0.406 e. The van der Waals surface area contributed by atoms with Crippen LogP contribution in [0, 0.1) is 5.92 Å². The van der Waals surface area contributed by atoms with Gasteiger partial charge in [0.25, 0.3) is 0 Å². The lowest BCUT2D eigenvalue weighted by atomic mass is 9.96. The molecule has 1 amide bonds. The number of carbonyl (C=O) groups is 1. The standard InChI is InChI=1S/C21H25F3N2O6S/c1-30-18-6-5-17(12-19(18)31-2)33(28,29)26-9-7-15(8-10-26)20(27)25(14-21(22,23)24)13-16-4-3-11-32-16/h3-6,11-12,15H,7-10,13-14H2,1-2H3. The van der Waals surface area contributed by atoms with E-state index in [1.807, 2.05) is 0 Å². The lowest BCUT2D eigenvalue weighted by Crippen LogP contribution is -2.46. The van der Waals surface area contributed by atoms with Crippen molar-refractivity contribution in [1.29, 1.82) is 0 Å². The van der Waals surface area contributed by atoms with Gasteiger partial charge in [-0.05, 0) is 37.1 Å². The van der Waals surface area contributed by atoms with E-state index in [9.17, 15) is 26.4 Å². The highest BCUT2D eigenvalue weighted by molar-refractivity contribution is 7.89. The summed E-state index contributed by atoms with van der Waals surface area (Å²) in [4.78, 5) is 13.6. The third-order valence-corrected chi connectivity index (χ3v) is 7.30. The summed E-state index contributed by atoms with van der Waals surface area (Å²) in [5, 5.41) is 0. The summed E-state index contributed by atoms with van der Waals surface area (Å²) in [6.45, 7) is -1.70. The summed E-state index contributed by atoms with van der Waals surface area (Å²) >= 11 is 0. The second-order valence-corrected chi connectivity index (χ2v) is 9.52. The van der Waals surface area contributed by atoms with Gasteiger partial charge in [-0.1, -0.05) is 0 Å². The third-order valence-electron chi connectivity index (χ3n) is 5.40. The Bertz CT molecular complexity index is 1050. The van der Waals surface area contributed by atoms with Crippen LogP contribution in [-0.2, 0) is 21.4 Å². The summed E-state index contributed by atoms with van der Waals surface area (Å²) in [7, 11) is -1.06. The fourth-order valence-corrected chi connectivity index (χ4v) is 5.23. The molecule has 1 fully saturated rings. The van der Waals surface area contributed by atoms with Crippen LogP contribution in [0.25, 0.3) is 0 Å². The number of halogens is 3. The predicted molar refractivity (Wildman–Crippen MR) is 111 cm³/mol. The molecule has 0 radical (unpaired) electrons. The van der Waals surface area contributed by atoms with E-state index in [0.29, 0.717) is 10.6 Å². The fraction of sp³-hybridized carbons (Fsp3) is 0.476. The SMILES string of the molecule is COc1ccc(S(=O)(=O)N2CCC(C(=O)N(Cc3ccco3)CC(F)(F)F)CC2)cc1OC. The lowest BCUT2D eigenvalue weighted by molar-refractivity contribution is -0.166. The van der Waals surface area contributed by atoms with E-state index in [-0.39, 0.29) is 48.9 Å². The van der Waals surface area contributed by atoms with Crippen molar-refractivity contribution in [2.24, 2.45) is 5.92 Å². The summed E-state index contributed by atoms with van der Waals surface area (Å²) in [6.07, 6.45) is -3.03. The number of hydrogen-bond donors (Lipinski definition) is 0. The van der Waals surface area contributed by atoms with E-state index in [4.69, 9.17) is 13.9 Å². The largest absolute Gasteiger partial charge is 0.493 e. The van der Waals surface area contributed by atoms with Crippen molar-refractivity contribution >= 4 is 15.9 Å². The van der Waals surface area contributed by atoms with Crippen LogP contribution in [0.4, 0.5) is 13.2 Å². The molecule has 1 aromatic carbocycles. The maximum atomic E-state index is 13.1. The van der Waals surface area contributed by atoms with Crippen molar-refractivity contribution in [3.63, 3.8) is 0 Å². The Kier molecular flexibility index (Phi) is 7.58. The molecule has 2 heterocycles. The molecule has 12 heteroatoms. The van der Waals surface area contributed by atoms with Crippen LogP contribution in [-0.4, -0.2) is 63.6 Å². The van der Waals surface area contributed by atoms with E-state index in [1.54, 1.807) is 0 Å². The average Bonchev–Trinajstić information content (AvgIpc) is 3.30. The van der Waals surface area contributed by atoms with Crippen molar-refractivity contribution in [1.82, 2.24) is 9.21 Å². The van der Waals surface area contributed by atoms with E-state index < -0.39 is 34.6 Å². The number of hydrogen-bond acceptors (Lipinski definition) is 6. The molecule has 0 aliphatic carbocycles. The highest BCUT2D eigenvalue weighted by Crippen LogP contribution is 2.32. The Morgan fingerprint density at radius 1 is 1.15 bits per heavy atom. The molecule has 182 valence electrons. The smallest absolute Gasteiger partial charge is 0.406 e. The van der Waals surface area contributed by atoms with Crippen molar-refractivity contribution < 1.29 is 40.3 Å². The first-order chi connectivity index (χ1) is 15.5. The van der Waals surface area contributed by atoms with Gasteiger partial charge < -0.3 is 18.8 Å². The predicted octanol–water partition coefficient (Wildman–Crippen LogP) is 3.29.